The number of Topliss-reactive ketones (excluding diaryl/α,β-unsaturated/α-hetero) is 1. The van der Waals surface area contributed by atoms with E-state index in [9.17, 15) is 24.3 Å². The van der Waals surface area contributed by atoms with Crippen LogP contribution < -0.4 is 5.32 Å². The molecule has 8 heteroatoms. The molecular weight excluding hydrogens is 616 g/mol. The van der Waals surface area contributed by atoms with Gasteiger partial charge in [0.2, 0.25) is 5.91 Å². The van der Waals surface area contributed by atoms with E-state index in [0.717, 1.165) is 70.8 Å². The molecule has 9 atom stereocenters. The number of nitrogens with zero attached hydrogens (tertiary/aromatic N) is 1. The van der Waals surface area contributed by atoms with Crippen molar-refractivity contribution in [2.45, 2.75) is 157 Å². The number of likely N-dealkylation sites (tertiary alicyclic amines) is 1. The zero-order valence-electron chi connectivity index (χ0n) is 32.1. The van der Waals surface area contributed by atoms with Crippen LogP contribution in [0, 0.1) is 50.7 Å². The van der Waals surface area contributed by atoms with Gasteiger partial charge in [-0.25, -0.2) is 0 Å². The molecular formula is C41H64N2O6. The van der Waals surface area contributed by atoms with Crippen molar-refractivity contribution in [2.24, 2.45) is 50.7 Å². The maximum absolute atomic E-state index is 14.0. The SMILES string of the molecule is CC(C)C1C(=O)C[C@]2(NC(=O)[C@@H]3CCCN3C)CC[C@]3(C)C(=C12)CC[C@@H]1[C@@]2(C)CC[C@H](OC(=O)CC(C)(C)C(=O)O)C(C)(C)[C@@H]2CC[C@]13C. The van der Waals surface area contributed by atoms with Gasteiger partial charge in [0.1, 0.15) is 11.9 Å². The molecule has 8 nitrogen and oxygen atoms in total. The molecule has 1 aliphatic heterocycles. The Morgan fingerprint density at radius 2 is 1.67 bits per heavy atom. The minimum absolute atomic E-state index is 0.0406. The van der Waals surface area contributed by atoms with Crippen LogP contribution in [0.2, 0.25) is 0 Å². The van der Waals surface area contributed by atoms with Gasteiger partial charge < -0.3 is 15.2 Å². The summed E-state index contributed by atoms with van der Waals surface area (Å²) >= 11 is 0. The average molecular weight is 681 g/mol. The Balaban J connectivity index is 1.32. The van der Waals surface area contributed by atoms with Crippen LogP contribution in [0.5, 0.6) is 0 Å². The van der Waals surface area contributed by atoms with Crippen LogP contribution >= 0.6 is 0 Å². The van der Waals surface area contributed by atoms with Crippen LogP contribution in [-0.2, 0) is 23.9 Å². The van der Waals surface area contributed by atoms with Crippen LogP contribution in [0.25, 0.3) is 0 Å². The molecule has 1 amide bonds. The number of aliphatic carboxylic acids is 1. The highest BCUT2D eigenvalue weighted by Crippen LogP contribution is 2.75. The predicted molar refractivity (Wildman–Crippen MR) is 189 cm³/mol. The first kappa shape index (κ1) is 36.6. The monoisotopic (exact) mass is 680 g/mol. The van der Waals surface area contributed by atoms with Crippen LogP contribution in [0.3, 0.4) is 0 Å². The maximum Gasteiger partial charge on any atom is 0.309 e. The lowest BCUT2D eigenvalue weighted by molar-refractivity contribution is -0.214. The zero-order valence-corrected chi connectivity index (χ0v) is 32.1. The van der Waals surface area contributed by atoms with Gasteiger partial charge in [-0.3, -0.25) is 24.1 Å². The number of carboxylic acids is 1. The Labute approximate surface area is 294 Å². The Morgan fingerprint density at radius 3 is 2.29 bits per heavy atom. The summed E-state index contributed by atoms with van der Waals surface area (Å²) in [5.41, 5.74) is 0.838. The number of allylic oxidation sites excluding steroid dienone is 1. The third-order valence-corrected chi connectivity index (χ3v) is 15.9. The standard InChI is InChI=1S/C41H64N2O6/c1-24(2)32-27(44)22-41(42-34(46)26-12-11-21-43(26)10)20-19-39(8)25(33(32)41)13-14-29-38(7)17-16-30(49-31(45)23-36(3,4)35(47)48)37(5,6)28(38)15-18-40(29,39)9/h24,26,28-30,32H,11-23H2,1-10H3,(H,42,46)(H,47,48)/t26-,28-,29+,30-,32?,38-,39+,40+,41+/m0/s1. The third kappa shape index (κ3) is 5.37. The maximum atomic E-state index is 14.0. The number of carboxylic acid groups (broad SMARTS) is 1. The molecule has 274 valence electrons. The number of ether oxygens (including phenoxy) is 1. The summed E-state index contributed by atoms with van der Waals surface area (Å²) in [6.07, 6.45) is 9.67. The largest absolute Gasteiger partial charge is 0.481 e. The molecule has 6 rings (SSSR count). The number of rotatable bonds is 7. The summed E-state index contributed by atoms with van der Waals surface area (Å²) in [5.74, 6) is -0.112. The smallest absolute Gasteiger partial charge is 0.309 e. The number of hydrogen-bond donors (Lipinski definition) is 2. The fourth-order valence-electron chi connectivity index (χ4n) is 13.0. The van der Waals surface area contributed by atoms with E-state index in [1.165, 1.54) is 11.1 Å². The van der Waals surface area contributed by atoms with Crippen molar-refractivity contribution in [3.8, 4) is 0 Å². The summed E-state index contributed by atoms with van der Waals surface area (Å²) in [5, 5.41) is 13.2. The Morgan fingerprint density at radius 1 is 0.980 bits per heavy atom. The van der Waals surface area contributed by atoms with Crippen LogP contribution in [0.1, 0.15) is 139 Å². The zero-order chi connectivity index (χ0) is 36.1. The van der Waals surface area contributed by atoms with Crippen molar-refractivity contribution in [1.29, 1.82) is 0 Å². The molecule has 49 heavy (non-hydrogen) atoms. The lowest BCUT2D eigenvalue weighted by Gasteiger charge is -2.70. The molecule has 1 heterocycles. The Bertz CT molecular complexity index is 1450. The molecule has 0 spiro atoms. The van der Waals surface area contributed by atoms with E-state index >= 15 is 0 Å². The van der Waals surface area contributed by atoms with Gasteiger partial charge >= 0.3 is 11.9 Å². The van der Waals surface area contributed by atoms with E-state index in [1.807, 2.05) is 7.05 Å². The lowest BCUT2D eigenvalue weighted by atomic mass is 9.34. The van der Waals surface area contributed by atoms with Crippen molar-refractivity contribution < 1.29 is 29.0 Å². The van der Waals surface area contributed by atoms with E-state index < -0.39 is 22.9 Å². The van der Waals surface area contributed by atoms with Crippen molar-refractivity contribution in [1.82, 2.24) is 10.2 Å². The molecule has 0 aromatic heterocycles. The van der Waals surface area contributed by atoms with E-state index in [1.54, 1.807) is 13.8 Å². The van der Waals surface area contributed by atoms with Gasteiger partial charge in [0.25, 0.3) is 0 Å². The molecule has 0 radical (unpaired) electrons. The highest BCUT2D eigenvalue weighted by molar-refractivity contribution is 5.93. The average Bonchev–Trinajstić information content (AvgIpc) is 3.54. The first-order chi connectivity index (χ1) is 22.6. The number of hydrogen-bond acceptors (Lipinski definition) is 6. The summed E-state index contributed by atoms with van der Waals surface area (Å²) in [4.78, 5) is 54.8. The lowest BCUT2D eigenvalue weighted by Crippen LogP contribution is -2.65. The molecule has 1 saturated heterocycles. The normalized spacial score (nSPS) is 41.9. The number of carbonyl (C=O) groups excluding carboxylic acids is 3. The van der Waals surface area contributed by atoms with E-state index in [4.69, 9.17) is 4.74 Å². The first-order valence-corrected chi connectivity index (χ1v) is 19.4. The highest BCUT2D eigenvalue weighted by Gasteiger charge is 2.69. The second-order valence-electron chi connectivity index (χ2n) is 19.6. The number of likely N-dealkylation sites (N-methyl/N-ethyl adjacent to an activating group) is 1. The second kappa shape index (κ2) is 11.9. The fraction of sp³-hybridized carbons (Fsp3) is 0.854. The molecule has 6 aliphatic rings. The van der Waals surface area contributed by atoms with E-state index in [2.05, 4.69) is 58.7 Å². The van der Waals surface area contributed by atoms with Crippen molar-refractivity contribution in [3.63, 3.8) is 0 Å². The van der Waals surface area contributed by atoms with Crippen LogP contribution in [0.4, 0.5) is 0 Å². The van der Waals surface area contributed by atoms with Gasteiger partial charge in [-0.05, 0) is 131 Å². The van der Waals surface area contributed by atoms with Gasteiger partial charge in [-0.1, -0.05) is 54.0 Å². The molecule has 0 bridgehead atoms. The van der Waals surface area contributed by atoms with E-state index in [0.29, 0.717) is 24.0 Å². The molecule has 5 fully saturated rings. The predicted octanol–water partition coefficient (Wildman–Crippen LogP) is 7.34. The van der Waals surface area contributed by atoms with Crippen LogP contribution in [-0.4, -0.2) is 64.9 Å². The molecule has 2 N–H and O–H groups in total. The highest BCUT2D eigenvalue weighted by atomic mass is 16.5. The molecule has 4 saturated carbocycles. The summed E-state index contributed by atoms with van der Waals surface area (Å²) in [6, 6.07) is -0.118. The summed E-state index contributed by atoms with van der Waals surface area (Å²) in [7, 11) is 2.04. The van der Waals surface area contributed by atoms with Gasteiger partial charge in [-0.15, -0.1) is 0 Å². The number of nitrogens with one attached hydrogen (secondary N) is 1. The van der Waals surface area contributed by atoms with Crippen molar-refractivity contribution in [2.75, 3.05) is 13.6 Å². The quantitative estimate of drug-likeness (QED) is 0.214. The summed E-state index contributed by atoms with van der Waals surface area (Å²) < 4.78 is 6.15. The van der Waals surface area contributed by atoms with Gasteiger partial charge in [0.15, 0.2) is 0 Å². The summed E-state index contributed by atoms with van der Waals surface area (Å²) in [6.45, 7) is 20.6. The third-order valence-electron chi connectivity index (χ3n) is 15.9. The minimum Gasteiger partial charge on any atom is -0.481 e. The van der Waals surface area contributed by atoms with E-state index in [-0.39, 0.29) is 58.0 Å². The number of ketones is 1. The van der Waals surface area contributed by atoms with Gasteiger partial charge in [-0.2, -0.15) is 0 Å². The topological polar surface area (TPSA) is 113 Å². The minimum atomic E-state index is -1.16. The van der Waals surface area contributed by atoms with Crippen molar-refractivity contribution >= 4 is 23.6 Å². The Hall–Kier alpha value is -2.22. The number of fused-ring (bicyclic) bond motifs is 6. The number of esters is 1. The number of carbonyl (C=O) groups is 4. The second-order valence-corrected chi connectivity index (χ2v) is 19.6. The molecule has 5 aliphatic carbocycles. The Kier molecular flexibility index (Phi) is 8.89. The fourth-order valence-corrected chi connectivity index (χ4v) is 13.0. The van der Waals surface area contributed by atoms with Crippen molar-refractivity contribution in [3.05, 3.63) is 11.1 Å². The van der Waals surface area contributed by atoms with Gasteiger partial charge in [0.05, 0.1) is 23.4 Å². The molecule has 0 aromatic rings. The molecule has 1 unspecified atom stereocenters. The first-order valence-electron chi connectivity index (χ1n) is 19.4. The van der Waals surface area contributed by atoms with Gasteiger partial charge in [0, 0.05) is 17.8 Å². The van der Waals surface area contributed by atoms with Crippen LogP contribution in [0.15, 0.2) is 11.1 Å². The molecule has 0 aromatic carbocycles. The number of amides is 1.